The second-order valence-electron chi connectivity index (χ2n) is 4.64. The molecule has 1 N–H and O–H groups in total. The van der Waals surface area contributed by atoms with E-state index < -0.39 is 6.10 Å². The van der Waals surface area contributed by atoms with Crippen molar-refractivity contribution < 1.29 is 14.6 Å². The molecule has 0 fully saturated rings. The van der Waals surface area contributed by atoms with Crippen LogP contribution in [-0.4, -0.2) is 24.9 Å². The number of fused-ring (bicyclic) bond motifs is 1. The molecule has 2 aromatic carbocycles. The molecule has 0 aliphatic heterocycles. The average Bonchev–Trinajstić information content (AvgIpc) is 2.45. The molecular weight excluding hydrogens is 240 g/mol. The summed E-state index contributed by atoms with van der Waals surface area (Å²) in [5.41, 5.74) is 1.01. The van der Waals surface area contributed by atoms with Crippen LogP contribution in [0.5, 0.6) is 11.5 Å². The van der Waals surface area contributed by atoms with E-state index >= 15 is 0 Å². The summed E-state index contributed by atoms with van der Waals surface area (Å²) in [4.78, 5) is 0. The van der Waals surface area contributed by atoms with Crippen LogP contribution in [0.15, 0.2) is 30.3 Å². The SMILES string of the molecule is CCC(O)COc1c(C)cc(OC)c2ccccc12. The number of hydrogen-bond acceptors (Lipinski definition) is 3. The highest BCUT2D eigenvalue weighted by Crippen LogP contribution is 2.36. The Labute approximate surface area is 113 Å². The monoisotopic (exact) mass is 260 g/mol. The molecule has 2 rings (SSSR count). The van der Waals surface area contributed by atoms with Gasteiger partial charge in [0.05, 0.1) is 13.2 Å². The normalized spacial score (nSPS) is 12.4. The minimum Gasteiger partial charge on any atom is -0.496 e. The zero-order valence-electron chi connectivity index (χ0n) is 11.6. The molecule has 19 heavy (non-hydrogen) atoms. The summed E-state index contributed by atoms with van der Waals surface area (Å²) < 4.78 is 11.2. The minimum atomic E-state index is -0.430. The highest BCUT2D eigenvalue weighted by Gasteiger charge is 2.12. The molecule has 0 heterocycles. The molecule has 1 unspecified atom stereocenters. The second-order valence-corrected chi connectivity index (χ2v) is 4.64. The van der Waals surface area contributed by atoms with Crippen molar-refractivity contribution in [3.8, 4) is 11.5 Å². The standard InChI is InChI=1S/C16H20O3/c1-4-12(17)10-19-16-11(2)9-15(18-3)13-7-5-6-8-14(13)16/h5-9,12,17H,4,10H2,1-3H3. The maximum Gasteiger partial charge on any atom is 0.130 e. The third-order valence-corrected chi connectivity index (χ3v) is 3.25. The predicted molar refractivity (Wildman–Crippen MR) is 77.0 cm³/mol. The first-order valence-electron chi connectivity index (χ1n) is 6.54. The summed E-state index contributed by atoms with van der Waals surface area (Å²) in [6.07, 6.45) is 0.257. The topological polar surface area (TPSA) is 38.7 Å². The van der Waals surface area contributed by atoms with Gasteiger partial charge in [-0.2, -0.15) is 0 Å². The lowest BCUT2D eigenvalue weighted by molar-refractivity contribution is 0.105. The summed E-state index contributed by atoms with van der Waals surface area (Å²) in [7, 11) is 1.67. The van der Waals surface area contributed by atoms with Gasteiger partial charge in [0, 0.05) is 10.8 Å². The third-order valence-electron chi connectivity index (χ3n) is 3.25. The van der Waals surface area contributed by atoms with E-state index in [2.05, 4.69) is 0 Å². The molecule has 2 aromatic rings. The molecule has 0 bridgehead atoms. The van der Waals surface area contributed by atoms with E-state index in [1.165, 1.54) is 0 Å². The molecule has 102 valence electrons. The van der Waals surface area contributed by atoms with Crippen LogP contribution in [0.2, 0.25) is 0 Å². The van der Waals surface area contributed by atoms with Gasteiger partial charge in [0.25, 0.3) is 0 Å². The average molecular weight is 260 g/mol. The Kier molecular flexibility index (Phi) is 4.27. The lowest BCUT2D eigenvalue weighted by Gasteiger charge is -2.16. The molecule has 3 nitrogen and oxygen atoms in total. The fraction of sp³-hybridized carbons (Fsp3) is 0.375. The number of aryl methyl sites for hydroxylation is 1. The van der Waals surface area contributed by atoms with E-state index in [0.29, 0.717) is 13.0 Å². The lowest BCUT2D eigenvalue weighted by atomic mass is 10.0. The van der Waals surface area contributed by atoms with Gasteiger partial charge in [-0.1, -0.05) is 31.2 Å². The first-order chi connectivity index (χ1) is 9.17. The first-order valence-corrected chi connectivity index (χ1v) is 6.54. The Morgan fingerprint density at radius 2 is 1.89 bits per heavy atom. The van der Waals surface area contributed by atoms with E-state index in [0.717, 1.165) is 27.8 Å². The van der Waals surface area contributed by atoms with Crippen LogP contribution in [0.4, 0.5) is 0 Å². The van der Waals surface area contributed by atoms with E-state index in [4.69, 9.17) is 9.47 Å². The van der Waals surface area contributed by atoms with Crippen molar-refractivity contribution in [3.63, 3.8) is 0 Å². The number of ether oxygens (including phenoxy) is 2. The van der Waals surface area contributed by atoms with Crippen LogP contribution in [0, 0.1) is 6.92 Å². The van der Waals surface area contributed by atoms with Crippen LogP contribution in [0.1, 0.15) is 18.9 Å². The maximum atomic E-state index is 9.63. The minimum absolute atomic E-state index is 0.313. The molecule has 1 atom stereocenters. The number of methoxy groups -OCH3 is 1. The molecule has 3 heteroatoms. The number of aliphatic hydroxyl groups is 1. The van der Waals surface area contributed by atoms with E-state index in [1.54, 1.807) is 7.11 Å². The third kappa shape index (κ3) is 2.82. The van der Waals surface area contributed by atoms with Gasteiger partial charge < -0.3 is 14.6 Å². The summed E-state index contributed by atoms with van der Waals surface area (Å²) in [6.45, 7) is 4.24. The van der Waals surface area contributed by atoms with Gasteiger partial charge in [-0.3, -0.25) is 0 Å². The fourth-order valence-electron chi connectivity index (χ4n) is 2.11. The molecule has 0 amide bonds. The second kappa shape index (κ2) is 5.93. The van der Waals surface area contributed by atoms with Crippen molar-refractivity contribution in [1.82, 2.24) is 0 Å². The Morgan fingerprint density at radius 3 is 2.53 bits per heavy atom. The van der Waals surface area contributed by atoms with Crippen molar-refractivity contribution in [2.75, 3.05) is 13.7 Å². The first kappa shape index (κ1) is 13.7. The predicted octanol–water partition coefficient (Wildman–Crippen LogP) is 3.31. The van der Waals surface area contributed by atoms with Crippen molar-refractivity contribution >= 4 is 10.8 Å². The van der Waals surface area contributed by atoms with Crippen molar-refractivity contribution in [2.45, 2.75) is 26.4 Å². The van der Waals surface area contributed by atoms with Crippen LogP contribution in [-0.2, 0) is 0 Å². The summed E-state index contributed by atoms with van der Waals surface area (Å²) in [5.74, 6) is 1.67. The van der Waals surface area contributed by atoms with Crippen LogP contribution < -0.4 is 9.47 Å². The van der Waals surface area contributed by atoms with Crippen molar-refractivity contribution in [1.29, 1.82) is 0 Å². The van der Waals surface area contributed by atoms with E-state index in [9.17, 15) is 5.11 Å². The highest BCUT2D eigenvalue weighted by molar-refractivity contribution is 5.94. The summed E-state index contributed by atoms with van der Waals surface area (Å²) >= 11 is 0. The quantitative estimate of drug-likeness (QED) is 0.896. The number of benzene rings is 2. The Bertz CT molecular complexity index is 563. The Hall–Kier alpha value is -1.74. The zero-order valence-corrected chi connectivity index (χ0v) is 11.6. The maximum absolute atomic E-state index is 9.63. The largest absolute Gasteiger partial charge is 0.496 e. The molecule has 0 spiro atoms. The Balaban J connectivity index is 2.45. The van der Waals surface area contributed by atoms with Gasteiger partial charge in [-0.25, -0.2) is 0 Å². The Morgan fingerprint density at radius 1 is 1.21 bits per heavy atom. The van der Waals surface area contributed by atoms with E-state index in [1.807, 2.05) is 44.2 Å². The lowest BCUT2D eigenvalue weighted by Crippen LogP contribution is -2.16. The summed E-state index contributed by atoms with van der Waals surface area (Å²) in [6, 6.07) is 9.94. The van der Waals surface area contributed by atoms with Gasteiger partial charge in [0.15, 0.2) is 0 Å². The molecule has 0 radical (unpaired) electrons. The number of hydrogen-bond donors (Lipinski definition) is 1. The van der Waals surface area contributed by atoms with Gasteiger partial charge in [-0.15, -0.1) is 0 Å². The fourth-order valence-corrected chi connectivity index (χ4v) is 2.11. The number of aliphatic hydroxyl groups excluding tert-OH is 1. The van der Waals surface area contributed by atoms with Gasteiger partial charge in [-0.05, 0) is 25.0 Å². The summed E-state index contributed by atoms with van der Waals surface area (Å²) in [5, 5.41) is 11.7. The molecular formula is C16H20O3. The van der Waals surface area contributed by atoms with Gasteiger partial charge in [0.2, 0.25) is 0 Å². The van der Waals surface area contributed by atoms with Crippen molar-refractivity contribution in [2.24, 2.45) is 0 Å². The smallest absolute Gasteiger partial charge is 0.130 e. The molecule has 0 aromatic heterocycles. The zero-order chi connectivity index (χ0) is 13.8. The molecule has 0 saturated carbocycles. The van der Waals surface area contributed by atoms with Crippen molar-refractivity contribution in [3.05, 3.63) is 35.9 Å². The highest BCUT2D eigenvalue weighted by atomic mass is 16.5. The molecule has 0 saturated heterocycles. The van der Waals surface area contributed by atoms with Crippen LogP contribution >= 0.6 is 0 Å². The van der Waals surface area contributed by atoms with Gasteiger partial charge >= 0.3 is 0 Å². The molecule has 0 aliphatic rings. The van der Waals surface area contributed by atoms with Crippen LogP contribution in [0.25, 0.3) is 10.8 Å². The van der Waals surface area contributed by atoms with E-state index in [-0.39, 0.29) is 0 Å². The number of rotatable bonds is 5. The molecule has 0 aliphatic carbocycles. The van der Waals surface area contributed by atoms with Crippen LogP contribution in [0.3, 0.4) is 0 Å². The van der Waals surface area contributed by atoms with Gasteiger partial charge in [0.1, 0.15) is 18.1 Å².